The number of anilines is 2. The predicted octanol–water partition coefficient (Wildman–Crippen LogP) is 3.43. The third-order valence-corrected chi connectivity index (χ3v) is 6.02. The van der Waals surface area contributed by atoms with Gasteiger partial charge >= 0.3 is 0 Å². The molecule has 0 spiro atoms. The van der Waals surface area contributed by atoms with Gasteiger partial charge in [0, 0.05) is 23.3 Å². The average Bonchev–Trinajstić information content (AvgIpc) is 3.17. The monoisotopic (exact) mass is 435 g/mol. The maximum absolute atomic E-state index is 14.8. The van der Waals surface area contributed by atoms with E-state index in [1.165, 1.54) is 10.7 Å². The van der Waals surface area contributed by atoms with Gasteiger partial charge < -0.3 is 20.5 Å². The fraction of sp³-hybridized carbons (Fsp3) is 0.261. The smallest absolute Gasteiger partial charge is 0.241 e. The van der Waals surface area contributed by atoms with Crippen molar-refractivity contribution in [3.8, 4) is 11.5 Å². The van der Waals surface area contributed by atoms with E-state index in [1.807, 2.05) is 18.2 Å². The molecule has 2 aliphatic rings. The molecule has 0 fully saturated rings. The maximum Gasteiger partial charge on any atom is 0.241 e. The number of hydrogen-bond acceptors (Lipinski definition) is 7. The van der Waals surface area contributed by atoms with E-state index >= 15 is 0 Å². The van der Waals surface area contributed by atoms with E-state index in [2.05, 4.69) is 15.4 Å². The molecule has 32 heavy (non-hydrogen) atoms. The normalized spacial score (nSPS) is 19.8. The molecule has 3 aromatic rings. The second kappa shape index (κ2) is 7.67. The molecule has 0 bridgehead atoms. The minimum atomic E-state index is -0.730. The van der Waals surface area contributed by atoms with Gasteiger partial charge in [0.25, 0.3) is 0 Å². The Bertz CT molecular complexity index is 1250. The van der Waals surface area contributed by atoms with Crippen LogP contribution in [0.25, 0.3) is 0 Å². The maximum atomic E-state index is 14.8. The number of fused-ring (bicyclic) bond motifs is 1. The van der Waals surface area contributed by atoms with Gasteiger partial charge in [0.05, 0.1) is 14.2 Å². The summed E-state index contributed by atoms with van der Waals surface area (Å²) in [6.07, 6.45) is 0.828. The summed E-state index contributed by atoms with van der Waals surface area (Å²) in [6, 6.07) is 11.3. The third kappa shape index (κ3) is 3.17. The van der Waals surface area contributed by atoms with Gasteiger partial charge in [0.1, 0.15) is 11.9 Å². The van der Waals surface area contributed by atoms with Gasteiger partial charge in [0.2, 0.25) is 11.9 Å². The molecule has 2 aromatic carbocycles. The first kappa shape index (κ1) is 20.0. The van der Waals surface area contributed by atoms with E-state index in [9.17, 15) is 9.18 Å². The van der Waals surface area contributed by atoms with Crippen LogP contribution < -0.4 is 20.5 Å². The van der Waals surface area contributed by atoms with Crippen LogP contribution in [0.5, 0.6) is 11.5 Å². The molecule has 1 aliphatic heterocycles. The predicted molar refractivity (Wildman–Crippen MR) is 116 cm³/mol. The number of carbonyl (C=O) groups is 1. The Labute approximate surface area is 183 Å². The lowest BCUT2D eigenvalue weighted by Crippen LogP contribution is -2.34. The van der Waals surface area contributed by atoms with Crippen LogP contribution in [-0.2, 0) is 4.79 Å². The van der Waals surface area contributed by atoms with Gasteiger partial charge in [-0.2, -0.15) is 4.98 Å². The zero-order valence-electron chi connectivity index (χ0n) is 17.6. The molecule has 0 unspecified atom stereocenters. The zero-order chi connectivity index (χ0) is 22.4. The number of nitrogen functional groups attached to an aromatic ring is 1. The summed E-state index contributed by atoms with van der Waals surface area (Å²) >= 11 is 0. The highest BCUT2D eigenvalue weighted by Gasteiger charge is 2.40. The fourth-order valence-corrected chi connectivity index (χ4v) is 4.56. The first-order valence-corrected chi connectivity index (χ1v) is 10.2. The second-order valence-electron chi connectivity index (χ2n) is 7.82. The first-order valence-electron chi connectivity index (χ1n) is 10.2. The summed E-state index contributed by atoms with van der Waals surface area (Å²) in [6.45, 7) is 0. The summed E-state index contributed by atoms with van der Waals surface area (Å²) < 4.78 is 27.0. The van der Waals surface area contributed by atoms with Crippen LogP contribution in [0.3, 0.4) is 0 Å². The molecule has 0 radical (unpaired) electrons. The molecule has 8 nitrogen and oxygen atoms in total. The van der Waals surface area contributed by atoms with Gasteiger partial charge in [-0.05, 0) is 36.1 Å². The topological polar surface area (TPSA) is 104 Å². The number of ether oxygens (including phenoxy) is 2. The van der Waals surface area contributed by atoms with Crippen molar-refractivity contribution < 1.29 is 18.7 Å². The minimum Gasteiger partial charge on any atom is -0.493 e. The molecular formula is C23H22FN5O3. The number of nitrogens with zero attached hydrogens (tertiary/aromatic N) is 3. The van der Waals surface area contributed by atoms with Crippen LogP contribution >= 0.6 is 0 Å². The molecule has 1 aliphatic carbocycles. The molecule has 1 aromatic heterocycles. The van der Waals surface area contributed by atoms with E-state index in [4.69, 9.17) is 15.2 Å². The van der Waals surface area contributed by atoms with E-state index in [0.29, 0.717) is 40.7 Å². The van der Waals surface area contributed by atoms with Gasteiger partial charge in [-0.3, -0.25) is 4.79 Å². The van der Waals surface area contributed by atoms with Crippen LogP contribution in [0.1, 0.15) is 35.9 Å². The number of nitrogens with one attached hydrogen (secondary N) is 1. The van der Waals surface area contributed by atoms with E-state index in [0.717, 1.165) is 5.56 Å². The number of benzene rings is 2. The van der Waals surface area contributed by atoms with Crippen molar-refractivity contribution in [1.82, 2.24) is 14.8 Å². The number of ketones is 1. The van der Waals surface area contributed by atoms with Crippen molar-refractivity contribution in [1.29, 1.82) is 0 Å². The molecule has 9 heteroatoms. The number of allylic oxidation sites excluding steroid dienone is 2. The van der Waals surface area contributed by atoms with Crippen LogP contribution in [-0.4, -0.2) is 34.8 Å². The molecule has 164 valence electrons. The average molecular weight is 435 g/mol. The lowest BCUT2D eigenvalue weighted by atomic mass is 9.78. The summed E-state index contributed by atoms with van der Waals surface area (Å²) in [7, 11) is 3.16. The van der Waals surface area contributed by atoms with E-state index in [-0.39, 0.29) is 24.1 Å². The molecule has 3 N–H and O–H groups in total. The molecule has 2 atom stereocenters. The molecule has 0 saturated heterocycles. The lowest BCUT2D eigenvalue weighted by molar-refractivity contribution is -0.116. The van der Waals surface area contributed by atoms with Crippen LogP contribution in [0.15, 0.2) is 53.7 Å². The third-order valence-electron chi connectivity index (χ3n) is 6.02. The summed E-state index contributed by atoms with van der Waals surface area (Å²) in [5, 5.41) is 7.44. The summed E-state index contributed by atoms with van der Waals surface area (Å²) in [5.74, 6) is 1.09. The number of hydrogen-bond donors (Lipinski definition) is 2. The number of rotatable bonds is 4. The number of carbonyl (C=O) groups excluding carboxylic acids is 1. The van der Waals surface area contributed by atoms with Crippen molar-refractivity contribution in [3.63, 3.8) is 0 Å². The van der Waals surface area contributed by atoms with E-state index in [1.54, 1.807) is 32.4 Å². The Morgan fingerprint density at radius 3 is 2.66 bits per heavy atom. The molecule has 0 saturated carbocycles. The second-order valence-corrected chi connectivity index (χ2v) is 7.82. The zero-order valence-corrected chi connectivity index (χ0v) is 17.6. The van der Waals surface area contributed by atoms with Crippen molar-refractivity contribution in [2.45, 2.75) is 24.8 Å². The highest BCUT2D eigenvalue weighted by Crippen LogP contribution is 2.45. The number of methoxy groups -OCH3 is 2. The fourth-order valence-electron chi connectivity index (χ4n) is 4.56. The SMILES string of the molecule is COc1ccc([C@H]2CC(=O)C3=C(C2)Nc2nc(N)nn2[C@H]3c2ccccc2F)cc1OC. The van der Waals surface area contributed by atoms with Crippen molar-refractivity contribution >= 4 is 17.7 Å². The van der Waals surface area contributed by atoms with Crippen molar-refractivity contribution in [2.24, 2.45) is 0 Å². The van der Waals surface area contributed by atoms with Crippen molar-refractivity contribution in [2.75, 3.05) is 25.3 Å². The molecule has 5 rings (SSSR count). The number of aromatic nitrogens is 3. The largest absolute Gasteiger partial charge is 0.493 e. The van der Waals surface area contributed by atoms with Crippen LogP contribution in [0.4, 0.5) is 16.3 Å². The standard InChI is InChI=1S/C23H22FN5O3/c1-31-18-8-7-12(11-19(18)32-2)13-9-16-20(17(30)10-13)21(14-5-3-4-6-15(14)24)29-23(26-16)27-22(25)28-29/h3-8,11,13,21H,9-10H2,1-2H3,(H3,25,26,27,28)/t13-,21+/m1/s1. The van der Waals surface area contributed by atoms with Gasteiger partial charge in [-0.25, -0.2) is 9.07 Å². The van der Waals surface area contributed by atoms with Gasteiger partial charge in [-0.1, -0.05) is 24.3 Å². The first-order chi connectivity index (χ1) is 15.5. The minimum absolute atomic E-state index is 0.0533. The molecule has 2 heterocycles. The molecular weight excluding hydrogens is 413 g/mol. The summed E-state index contributed by atoms with van der Waals surface area (Å²) in [4.78, 5) is 17.7. The summed E-state index contributed by atoms with van der Waals surface area (Å²) in [5.41, 5.74) is 8.33. The number of Topliss-reactive ketones (excluding diaryl/α,β-unsaturated/α-hetero) is 1. The van der Waals surface area contributed by atoms with E-state index < -0.39 is 11.9 Å². The highest BCUT2D eigenvalue weighted by atomic mass is 19.1. The number of nitrogens with two attached hydrogens (primary N) is 1. The Hall–Kier alpha value is -3.88. The van der Waals surface area contributed by atoms with Crippen LogP contribution in [0, 0.1) is 5.82 Å². The van der Waals surface area contributed by atoms with Gasteiger partial charge in [-0.15, -0.1) is 5.10 Å². The molecule has 0 amide bonds. The van der Waals surface area contributed by atoms with Gasteiger partial charge in [0.15, 0.2) is 17.3 Å². The number of halogens is 1. The quantitative estimate of drug-likeness (QED) is 0.647. The Kier molecular flexibility index (Phi) is 4.80. The Morgan fingerprint density at radius 2 is 1.91 bits per heavy atom. The Balaban J connectivity index is 1.59. The van der Waals surface area contributed by atoms with Crippen LogP contribution in [0.2, 0.25) is 0 Å². The highest BCUT2D eigenvalue weighted by molar-refractivity contribution is 6.00. The Morgan fingerprint density at radius 1 is 1.12 bits per heavy atom. The van der Waals surface area contributed by atoms with Crippen molar-refractivity contribution in [3.05, 3.63) is 70.7 Å². The lowest BCUT2D eigenvalue weighted by Gasteiger charge is -2.35.